The third-order valence-electron chi connectivity index (χ3n) is 4.73. The highest BCUT2D eigenvalue weighted by Crippen LogP contribution is 2.46. The molecule has 0 aliphatic rings. The van der Waals surface area contributed by atoms with E-state index < -0.39 is 63.2 Å². The SMILES string of the molecule is O=C(O)c1cccc(-c2ccc(O)c(-c3cccc(C(=O)O)c3C(=O)O)c2O)c1C(=O)O. The number of phenols is 2. The summed E-state index contributed by atoms with van der Waals surface area (Å²) in [4.78, 5) is 46.5. The van der Waals surface area contributed by atoms with Gasteiger partial charge >= 0.3 is 23.9 Å². The second kappa shape index (κ2) is 8.11. The van der Waals surface area contributed by atoms with Crippen LogP contribution in [0.2, 0.25) is 0 Å². The van der Waals surface area contributed by atoms with Crippen molar-refractivity contribution in [2.45, 2.75) is 0 Å². The average Bonchev–Trinajstić information content (AvgIpc) is 2.72. The van der Waals surface area contributed by atoms with Gasteiger partial charge in [-0.3, -0.25) is 0 Å². The van der Waals surface area contributed by atoms with Crippen LogP contribution in [-0.4, -0.2) is 54.5 Å². The molecule has 0 saturated carbocycles. The first kappa shape index (κ1) is 21.8. The molecule has 0 radical (unpaired) electrons. The van der Waals surface area contributed by atoms with Crippen LogP contribution in [-0.2, 0) is 0 Å². The first-order valence-electron chi connectivity index (χ1n) is 8.81. The van der Waals surface area contributed by atoms with Gasteiger partial charge in [-0.15, -0.1) is 0 Å². The molecule has 10 heteroatoms. The summed E-state index contributed by atoms with van der Waals surface area (Å²) in [5, 5.41) is 59.1. The summed E-state index contributed by atoms with van der Waals surface area (Å²) in [6.07, 6.45) is 0. The Balaban J connectivity index is 2.41. The lowest BCUT2D eigenvalue weighted by atomic mass is 9.89. The number of hydrogen-bond donors (Lipinski definition) is 6. The standard InChI is InChI=1S/C22H14O10/c23-14-8-7-10(9-3-1-5-12(19(25)26)15(9)21(29)30)18(24)17(14)11-4-2-6-13(20(27)28)16(11)22(31)32/h1-8,23-24H,(H,25,26)(H,27,28)(H,29,30)(H,31,32). The Labute approximate surface area is 178 Å². The fourth-order valence-electron chi connectivity index (χ4n) is 3.42. The third-order valence-corrected chi connectivity index (χ3v) is 4.73. The Hall–Kier alpha value is -4.86. The highest BCUT2D eigenvalue weighted by atomic mass is 16.4. The Morgan fingerprint density at radius 3 is 1.47 bits per heavy atom. The van der Waals surface area contributed by atoms with Crippen LogP contribution in [0, 0.1) is 0 Å². The quantitative estimate of drug-likeness (QED) is 0.333. The zero-order chi connectivity index (χ0) is 23.7. The lowest BCUT2D eigenvalue weighted by molar-refractivity contribution is 0.0652. The monoisotopic (exact) mass is 438 g/mol. The van der Waals surface area contributed by atoms with Gasteiger partial charge in [-0.25, -0.2) is 19.2 Å². The number of carboxylic acid groups (broad SMARTS) is 4. The van der Waals surface area contributed by atoms with Crippen molar-refractivity contribution in [1.82, 2.24) is 0 Å². The van der Waals surface area contributed by atoms with Gasteiger partial charge in [-0.1, -0.05) is 24.3 Å². The minimum absolute atomic E-state index is 0.206. The molecule has 3 aromatic carbocycles. The number of benzene rings is 3. The third kappa shape index (κ3) is 3.56. The number of carbonyl (C=O) groups is 4. The molecular weight excluding hydrogens is 424 g/mol. The van der Waals surface area contributed by atoms with Gasteiger partial charge in [0.2, 0.25) is 0 Å². The molecule has 0 spiro atoms. The molecule has 0 aromatic heterocycles. The van der Waals surface area contributed by atoms with Crippen molar-refractivity contribution in [2.75, 3.05) is 0 Å². The highest BCUT2D eigenvalue weighted by molar-refractivity contribution is 6.10. The van der Waals surface area contributed by atoms with E-state index in [4.69, 9.17) is 0 Å². The van der Waals surface area contributed by atoms with Crippen molar-refractivity contribution in [3.8, 4) is 33.8 Å². The molecule has 0 aliphatic carbocycles. The zero-order valence-corrected chi connectivity index (χ0v) is 15.9. The van der Waals surface area contributed by atoms with Crippen LogP contribution in [0.5, 0.6) is 11.5 Å². The van der Waals surface area contributed by atoms with Crippen molar-refractivity contribution >= 4 is 23.9 Å². The number of rotatable bonds is 6. The van der Waals surface area contributed by atoms with Gasteiger partial charge in [0.05, 0.1) is 27.8 Å². The minimum Gasteiger partial charge on any atom is -0.507 e. The molecule has 6 N–H and O–H groups in total. The lowest BCUT2D eigenvalue weighted by Gasteiger charge is -2.16. The minimum atomic E-state index is -1.64. The molecule has 10 nitrogen and oxygen atoms in total. The smallest absolute Gasteiger partial charge is 0.337 e. The molecule has 0 bridgehead atoms. The number of aromatic carboxylic acids is 4. The molecule has 0 fully saturated rings. The van der Waals surface area contributed by atoms with Crippen molar-refractivity contribution in [3.05, 3.63) is 70.8 Å². The Bertz CT molecular complexity index is 1310. The first-order chi connectivity index (χ1) is 15.1. The van der Waals surface area contributed by atoms with E-state index in [1.807, 2.05) is 0 Å². The molecule has 3 rings (SSSR count). The van der Waals surface area contributed by atoms with E-state index in [0.29, 0.717) is 0 Å². The van der Waals surface area contributed by atoms with Crippen LogP contribution < -0.4 is 0 Å². The molecular formula is C22H14O10. The van der Waals surface area contributed by atoms with Gasteiger partial charge in [-0.2, -0.15) is 0 Å². The van der Waals surface area contributed by atoms with E-state index >= 15 is 0 Å². The number of hydrogen-bond acceptors (Lipinski definition) is 6. The second-order valence-corrected chi connectivity index (χ2v) is 6.53. The predicted molar refractivity (Wildman–Crippen MR) is 108 cm³/mol. The maximum absolute atomic E-state index is 11.8. The zero-order valence-electron chi connectivity index (χ0n) is 15.9. The summed E-state index contributed by atoms with van der Waals surface area (Å²) in [7, 11) is 0. The summed E-state index contributed by atoms with van der Waals surface area (Å²) < 4.78 is 0. The number of carboxylic acids is 4. The van der Waals surface area contributed by atoms with E-state index in [1.165, 1.54) is 24.3 Å². The van der Waals surface area contributed by atoms with E-state index in [9.17, 15) is 49.8 Å². The largest absolute Gasteiger partial charge is 0.507 e. The fourth-order valence-corrected chi connectivity index (χ4v) is 3.42. The van der Waals surface area contributed by atoms with E-state index in [2.05, 4.69) is 0 Å². The Kier molecular flexibility index (Phi) is 5.53. The lowest BCUT2D eigenvalue weighted by Crippen LogP contribution is -2.10. The number of aromatic hydroxyl groups is 2. The van der Waals surface area contributed by atoms with Gasteiger partial charge < -0.3 is 30.6 Å². The van der Waals surface area contributed by atoms with Crippen molar-refractivity contribution < 1.29 is 49.8 Å². The first-order valence-corrected chi connectivity index (χ1v) is 8.81. The molecule has 3 aromatic rings. The molecule has 162 valence electrons. The second-order valence-electron chi connectivity index (χ2n) is 6.53. The Morgan fingerprint density at radius 1 is 0.531 bits per heavy atom. The molecule has 0 heterocycles. The number of phenolic OH excluding ortho intramolecular Hbond substituents is 2. The summed E-state index contributed by atoms with van der Waals surface area (Å²) in [5.74, 6) is -7.68. The van der Waals surface area contributed by atoms with E-state index in [0.717, 1.165) is 24.3 Å². The topological polar surface area (TPSA) is 190 Å². The molecule has 32 heavy (non-hydrogen) atoms. The van der Waals surface area contributed by atoms with E-state index in [1.54, 1.807) is 0 Å². The van der Waals surface area contributed by atoms with Crippen LogP contribution in [0.3, 0.4) is 0 Å². The molecule has 0 aliphatic heterocycles. The fraction of sp³-hybridized carbons (Fsp3) is 0. The van der Waals surface area contributed by atoms with Gasteiger partial charge in [0, 0.05) is 16.7 Å². The van der Waals surface area contributed by atoms with Crippen LogP contribution in [0.15, 0.2) is 48.5 Å². The Morgan fingerprint density at radius 2 is 1.00 bits per heavy atom. The molecule has 0 saturated heterocycles. The van der Waals surface area contributed by atoms with Crippen LogP contribution >= 0.6 is 0 Å². The van der Waals surface area contributed by atoms with Gasteiger partial charge in [0.15, 0.2) is 0 Å². The van der Waals surface area contributed by atoms with Crippen molar-refractivity contribution in [3.63, 3.8) is 0 Å². The van der Waals surface area contributed by atoms with Crippen LogP contribution in [0.4, 0.5) is 0 Å². The van der Waals surface area contributed by atoms with Crippen LogP contribution in [0.25, 0.3) is 22.3 Å². The van der Waals surface area contributed by atoms with Crippen molar-refractivity contribution in [1.29, 1.82) is 0 Å². The molecule has 0 amide bonds. The van der Waals surface area contributed by atoms with Gasteiger partial charge in [0.25, 0.3) is 0 Å². The summed E-state index contributed by atoms with van der Waals surface area (Å²) in [5.41, 5.74) is -3.70. The van der Waals surface area contributed by atoms with Gasteiger partial charge in [-0.05, 0) is 24.3 Å². The average molecular weight is 438 g/mol. The van der Waals surface area contributed by atoms with Crippen molar-refractivity contribution in [2.24, 2.45) is 0 Å². The maximum Gasteiger partial charge on any atom is 0.337 e. The summed E-state index contributed by atoms with van der Waals surface area (Å²) in [6.45, 7) is 0. The highest BCUT2D eigenvalue weighted by Gasteiger charge is 2.27. The summed E-state index contributed by atoms with van der Waals surface area (Å²) in [6, 6.07) is 9.14. The maximum atomic E-state index is 11.8. The molecule has 0 unspecified atom stereocenters. The van der Waals surface area contributed by atoms with E-state index in [-0.39, 0.29) is 16.7 Å². The molecule has 0 atom stereocenters. The van der Waals surface area contributed by atoms with Gasteiger partial charge in [0.1, 0.15) is 11.5 Å². The summed E-state index contributed by atoms with van der Waals surface area (Å²) >= 11 is 0. The predicted octanol–water partition coefficient (Wildman–Crippen LogP) is 3.22. The normalized spacial score (nSPS) is 10.5. The van der Waals surface area contributed by atoms with Crippen LogP contribution in [0.1, 0.15) is 41.4 Å².